The van der Waals surface area contributed by atoms with Crippen molar-refractivity contribution in [1.82, 2.24) is 4.98 Å². The predicted octanol–water partition coefficient (Wildman–Crippen LogP) is 3.96. The van der Waals surface area contributed by atoms with Gasteiger partial charge in [-0.1, -0.05) is 26.0 Å². The van der Waals surface area contributed by atoms with E-state index in [4.69, 9.17) is 0 Å². The van der Waals surface area contributed by atoms with Crippen LogP contribution in [0.15, 0.2) is 30.6 Å². The number of hydrogen-bond acceptors (Lipinski definition) is 1. The highest BCUT2D eigenvalue weighted by Crippen LogP contribution is 2.24. The van der Waals surface area contributed by atoms with Gasteiger partial charge in [-0.3, -0.25) is 4.98 Å². The first-order valence-electron chi connectivity index (χ1n) is 4.71. The van der Waals surface area contributed by atoms with E-state index in [0.29, 0.717) is 5.92 Å². The standard InChI is InChI=1S/C12H12IN/c1-8(2)9-3-4-10-6-14-7-12(13)11(10)5-9/h3-8H,1-2H3. The summed E-state index contributed by atoms with van der Waals surface area (Å²) in [4.78, 5) is 4.18. The molecule has 0 N–H and O–H groups in total. The SMILES string of the molecule is CC(C)c1ccc2cncc(I)c2c1. The van der Waals surface area contributed by atoms with Gasteiger partial charge in [-0.25, -0.2) is 0 Å². The van der Waals surface area contributed by atoms with Crippen LogP contribution in [0.25, 0.3) is 10.8 Å². The van der Waals surface area contributed by atoms with Gasteiger partial charge in [0, 0.05) is 21.4 Å². The van der Waals surface area contributed by atoms with Crippen LogP contribution in [0, 0.1) is 3.57 Å². The van der Waals surface area contributed by atoms with Crippen LogP contribution in [-0.2, 0) is 0 Å². The molecule has 1 aromatic heterocycles. The second-order valence-electron chi connectivity index (χ2n) is 3.76. The fraction of sp³-hybridized carbons (Fsp3) is 0.250. The molecule has 0 atom stereocenters. The second kappa shape index (κ2) is 3.85. The zero-order valence-corrected chi connectivity index (χ0v) is 10.4. The summed E-state index contributed by atoms with van der Waals surface area (Å²) in [5, 5.41) is 2.54. The van der Waals surface area contributed by atoms with Crippen molar-refractivity contribution >= 4 is 33.4 Å². The number of pyridine rings is 1. The summed E-state index contributed by atoms with van der Waals surface area (Å²) in [6.45, 7) is 4.43. The van der Waals surface area contributed by atoms with E-state index in [1.54, 1.807) is 0 Å². The number of halogens is 1. The molecule has 2 heteroatoms. The molecular weight excluding hydrogens is 285 g/mol. The van der Waals surface area contributed by atoms with E-state index in [-0.39, 0.29) is 0 Å². The van der Waals surface area contributed by atoms with Crippen LogP contribution in [0.2, 0.25) is 0 Å². The number of benzene rings is 1. The van der Waals surface area contributed by atoms with Gasteiger partial charge in [-0.15, -0.1) is 0 Å². The molecule has 1 heterocycles. The summed E-state index contributed by atoms with van der Waals surface area (Å²) in [6.07, 6.45) is 3.83. The zero-order valence-electron chi connectivity index (χ0n) is 8.29. The first-order valence-corrected chi connectivity index (χ1v) is 5.79. The Labute approximate surface area is 97.7 Å². The number of nitrogens with zero attached hydrogens (tertiary/aromatic N) is 1. The van der Waals surface area contributed by atoms with Crippen molar-refractivity contribution in [3.63, 3.8) is 0 Å². The van der Waals surface area contributed by atoms with E-state index in [1.165, 1.54) is 19.9 Å². The zero-order chi connectivity index (χ0) is 10.1. The maximum atomic E-state index is 4.18. The quantitative estimate of drug-likeness (QED) is 0.726. The lowest BCUT2D eigenvalue weighted by atomic mass is 10.0. The van der Waals surface area contributed by atoms with Gasteiger partial charge in [0.2, 0.25) is 0 Å². The lowest BCUT2D eigenvalue weighted by Gasteiger charge is -2.07. The number of hydrogen-bond donors (Lipinski definition) is 0. The largest absolute Gasteiger partial charge is 0.263 e. The molecule has 0 saturated carbocycles. The normalized spacial score (nSPS) is 11.1. The third-order valence-electron chi connectivity index (χ3n) is 2.40. The Hall–Kier alpha value is -0.640. The topological polar surface area (TPSA) is 12.9 Å². The van der Waals surface area contributed by atoms with Crippen molar-refractivity contribution in [2.24, 2.45) is 0 Å². The highest BCUT2D eigenvalue weighted by atomic mass is 127. The molecule has 0 aliphatic heterocycles. The Morgan fingerprint density at radius 3 is 2.71 bits per heavy atom. The molecule has 0 bridgehead atoms. The summed E-state index contributed by atoms with van der Waals surface area (Å²) >= 11 is 2.34. The summed E-state index contributed by atoms with van der Waals surface area (Å²) in [5.74, 6) is 0.586. The fourth-order valence-electron chi connectivity index (χ4n) is 1.50. The van der Waals surface area contributed by atoms with Crippen molar-refractivity contribution < 1.29 is 0 Å². The second-order valence-corrected chi connectivity index (χ2v) is 4.92. The molecule has 0 radical (unpaired) electrons. The first-order chi connectivity index (χ1) is 6.68. The Balaban J connectivity index is 2.70. The van der Waals surface area contributed by atoms with E-state index >= 15 is 0 Å². The lowest BCUT2D eigenvalue weighted by Crippen LogP contribution is -1.88. The van der Waals surface area contributed by atoms with Gasteiger partial charge in [0.1, 0.15) is 0 Å². The Morgan fingerprint density at radius 1 is 1.21 bits per heavy atom. The van der Waals surface area contributed by atoms with E-state index in [1.807, 2.05) is 12.4 Å². The van der Waals surface area contributed by atoms with Crippen molar-refractivity contribution in [1.29, 1.82) is 0 Å². The van der Waals surface area contributed by atoms with Gasteiger partial charge in [0.15, 0.2) is 0 Å². The Kier molecular flexibility index (Phi) is 2.72. The third-order valence-corrected chi connectivity index (χ3v) is 3.26. The molecule has 1 nitrogen and oxygen atoms in total. The highest BCUT2D eigenvalue weighted by molar-refractivity contribution is 14.1. The van der Waals surface area contributed by atoms with Gasteiger partial charge < -0.3 is 0 Å². The first kappa shape index (κ1) is 9.90. The van der Waals surface area contributed by atoms with Crippen LogP contribution in [0.4, 0.5) is 0 Å². The lowest BCUT2D eigenvalue weighted by molar-refractivity contribution is 0.868. The van der Waals surface area contributed by atoms with Crippen molar-refractivity contribution in [3.05, 3.63) is 39.7 Å². The summed E-state index contributed by atoms with van der Waals surface area (Å²) in [6, 6.07) is 6.61. The molecule has 0 amide bonds. The molecule has 2 aromatic rings. The summed E-state index contributed by atoms with van der Waals surface area (Å²) in [5.41, 5.74) is 1.39. The minimum atomic E-state index is 0.586. The van der Waals surface area contributed by atoms with Crippen LogP contribution in [0.1, 0.15) is 25.3 Å². The van der Waals surface area contributed by atoms with Crippen molar-refractivity contribution in [2.45, 2.75) is 19.8 Å². The number of aromatic nitrogens is 1. The van der Waals surface area contributed by atoms with Crippen LogP contribution in [0.5, 0.6) is 0 Å². The van der Waals surface area contributed by atoms with Gasteiger partial charge in [0.25, 0.3) is 0 Å². The van der Waals surface area contributed by atoms with E-state index in [2.05, 4.69) is 59.6 Å². The Bertz CT molecular complexity index is 463. The van der Waals surface area contributed by atoms with Crippen LogP contribution in [-0.4, -0.2) is 4.98 Å². The number of rotatable bonds is 1. The molecule has 72 valence electrons. The van der Waals surface area contributed by atoms with Crippen LogP contribution in [0.3, 0.4) is 0 Å². The van der Waals surface area contributed by atoms with Gasteiger partial charge in [0.05, 0.1) is 0 Å². The van der Waals surface area contributed by atoms with Gasteiger partial charge in [-0.2, -0.15) is 0 Å². The van der Waals surface area contributed by atoms with E-state index < -0.39 is 0 Å². The molecule has 14 heavy (non-hydrogen) atoms. The fourth-order valence-corrected chi connectivity index (χ4v) is 2.13. The summed E-state index contributed by atoms with van der Waals surface area (Å²) < 4.78 is 1.22. The number of fused-ring (bicyclic) bond motifs is 1. The van der Waals surface area contributed by atoms with E-state index in [0.717, 1.165) is 0 Å². The molecule has 0 spiro atoms. The molecule has 2 rings (SSSR count). The Morgan fingerprint density at radius 2 is 2.00 bits per heavy atom. The molecule has 1 aromatic carbocycles. The smallest absolute Gasteiger partial charge is 0.0408 e. The molecule has 0 aliphatic rings. The molecule has 0 aliphatic carbocycles. The molecule has 0 saturated heterocycles. The molecular formula is C12H12IN. The maximum absolute atomic E-state index is 4.18. The van der Waals surface area contributed by atoms with Gasteiger partial charge in [-0.05, 0) is 45.5 Å². The average Bonchev–Trinajstić information content (AvgIpc) is 2.18. The third kappa shape index (κ3) is 1.75. The van der Waals surface area contributed by atoms with E-state index in [9.17, 15) is 0 Å². The molecule has 0 fully saturated rings. The minimum Gasteiger partial charge on any atom is -0.263 e. The predicted molar refractivity (Wildman–Crippen MR) is 68.5 cm³/mol. The minimum absolute atomic E-state index is 0.586. The molecule has 0 unspecified atom stereocenters. The van der Waals surface area contributed by atoms with Crippen molar-refractivity contribution in [3.8, 4) is 0 Å². The van der Waals surface area contributed by atoms with Crippen LogP contribution >= 0.6 is 22.6 Å². The maximum Gasteiger partial charge on any atom is 0.0408 e. The van der Waals surface area contributed by atoms with Crippen molar-refractivity contribution in [2.75, 3.05) is 0 Å². The van der Waals surface area contributed by atoms with Crippen LogP contribution < -0.4 is 0 Å². The average molecular weight is 297 g/mol. The summed E-state index contributed by atoms with van der Waals surface area (Å²) in [7, 11) is 0. The van der Waals surface area contributed by atoms with Gasteiger partial charge >= 0.3 is 0 Å². The monoisotopic (exact) mass is 297 g/mol. The highest BCUT2D eigenvalue weighted by Gasteiger charge is 2.02.